The molecule has 0 aliphatic carbocycles. The maximum absolute atomic E-state index is 9.33. The third-order valence-electron chi connectivity index (χ3n) is 1.94. The monoisotopic (exact) mass is 191 g/mol. The Balaban J connectivity index is 2.64. The first-order valence-electron chi connectivity index (χ1n) is 4.47. The van der Waals surface area contributed by atoms with Crippen LogP contribution in [0.15, 0.2) is 34.9 Å². The Kier molecular flexibility index (Phi) is 2.23. The van der Waals surface area contributed by atoms with E-state index in [9.17, 15) is 5.11 Å². The zero-order chi connectivity index (χ0) is 9.97. The summed E-state index contributed by atoms with van der Waals surface area (Å²) in [5.41, 5.74) is 0.703. The SMILES string of the molecule is CCOc1cc[o+]c2ccc(O)cc12. The molecule has 0 bridgehead atoms. The van der Waals surface area contributed by atoms with E-state index in [0.29, 0.717) is 12.2 Å². The number of ether oxygens (including phenoxy) is 1. The Morgan fingerprint density at radius 1 is 1.36 bits per heavy atom. The minimum Gasteiger partial charge on any atom is -0.508 e. The van der Waals surface area contributed by atoms with Crippen molar-refractivity contribution < 1.29 is 14.3 Å². The molecule has 0 aliphatic rings. The van der Waals surface area contributed by atoms with Gasteiger partial charge in [-0.3, -0.25) is 0 Å². The molecule has 1 aromatic carbocycles. The van der Waals surface area contributed by atoms with Gasteiger partial charge in [0.25, 0.3) is 0 Å². The van der Waals surface area contributed by atoms with Gasteiger partial charge in [-0.2, -0.15) is 0 Å². The lowest BCUT2D eigenvalue weighted by molar-refractivity contribution is 0.342. The molecule has 0 aliphatic heterocycles. The molecule has 3 heteroatoms. The molecular weight excluding hydrogens is 180 g/mol. The van der Waals surface area contributed by atoms with Crippen molar-refractivity contribution in [3.05, 3.63) is 30.5 Å². The average molecular weight is 191 g/mol. The summed E-state index contributed by atoms with van der Waals surface area (Å²) in [4.78, 5) is 0. The van der Waals surface area contributed by atoms with E-state index in [4.69, 9.17) is 9.15 Å². The normalized spacial score (nSPS) is 10.4. The van der Waals surface area contributed by atoms with Crippen LogP contribution in [0.25, 0.3) is 11.0 Å². The smallest absolute Gasteiger partial charge is 0.363 e. The van der Waals surface area contributed by atoms with Crippen molar-refractivity contribution in [3.63, 3.8) is 0 Å². The minimum absolute atomic E-state index is 0.208. The first kappa shape index (κ1) is 8.81. The number of phenols is 1. The minimum atomic E-state index is 0.208. The molecule has 0 amide bonds. The van der Waals surface area contributed by atoms with Crippen LogP contribution in [-0.4, -0.2) is 11.7 Å². The van der Waals surface area contributed by atoms with Gasteiger partial charge in [-0.1, -0.05) is 0 Å². The topological polar surface area (TPSA) is 40.8 Å². The Hall–Kier alpha value is -1.77. The third-order valence-corrected chi connectivity index (χ3v) is 1.94. The van der Waals surface area contributed by atoms with E-state index in [1.165, 1.54) is 0 Å². The largest absolute Gasteiger partial charge is 0.508 e. The Bertz CT molecular complexity index is 451. The highest BCUT2D eigenvalue weighted by Crippen LogP contribution is 2.28. The van der Waals surface area contributed by atoms with Gasteiger partial charge in [-0.15, -0.1) is 0 Å². The number of hydrogen-bond donors (Lipinski definition) is 1. The fraction of sp³-hybridized carbons (Fsp3) is 0.182. The van der Waals surface area contributed by atoms with Gasteiger partial charge in [0, 0.05) is 12.1 Å². The molecule has 0 spiro atoms. The number of phenolic OH excluding ortho intramolecular Hbond substituents is 1. The second-order valence-corrected chi connectivity index (χ2v) is 2.90. The Labute approximate surface area is 81.6 Å². The zero-order valence-corrected chi connectivity index (χ0v) is 7.86. The number of hydrogen-bond acceptors (Lipinski definition) is 2. The van der Waals surface area contributed by atoms with Crippen LogP contribution in [0.5, 0.6) is 11.5 Å². The maximum Gasteiger partial charge on any atom is 0.363 e. The van der Waals surface area contributed by atoms with E-state index in [1.54, 1.807) is 30.5 Å². The van der Waals surface area contributed by atoms with Crippen molar-refractivity contribution >= 4 is 11.0 Å². The fourth-order valence-corrected chi connectivity index (χ4v) is 1.35. The Morgan fingerprint density at radius 3 is 3.00 bits per heavy atom. The number of benzene rings is 1. The van der Waals surface area contributed by atoms with E-state index < -0.39 is 0 Å². The van der Waals surface area contributed by atoms with Gasteiger partial charge in [0.2, 0.25) is 0 Å². The van der Waals surface area contributed by atoms with Gasteiger partial charge in [-0.05, 0) is 13.0 Å². The van der Waals surface area contributed by atoms with Crippen LogP contribution >= 0.6 is 0 Å². The highest BCUT2D eigenvalue weighted by molar-refractivity contribution is 5.84. The summed E-state index contributed by atoms with van der Waals surface area (Å²) in [5, 5.41) is 10.1. The van der Waals surface area contributed by atoms with Gasteiger partial charge in [0.15, 0.2) is 0 Å². The van der Waals surface area contributed by atoms with Gasteiger partial charge >= 0.3 is 11.8 Å². The quantitative estimate of drug-likeness (QED) is 0.742. The standard InChI is InChI=1S/C11H10O3/c1-2-13-11-5-6-14-10-4-3-8(12)7-9(10)11/h3-7H,2H2,1H3/p+1. The van der Waals surface area contributed by atoms with Crippen molar-refractivity contribution in [1.29, 1.82) is 0 Å². The molecule has 2 rings (SSSR count). The molecule has 0 saturated carbocycles. The summed E-state index contributed by atoms with van der Waals surface area (Å²) in [7, 11) is 0. The average Bonchev–Trinajstić information content (AvgIpc) is 2.19. The Morgan fingerprint density at radius 2 is 2.21 bits per heavy atom. The molecule has 0 atom stereocenters. The molecule has 72 valence electrons. The molecule has 1 aromatic heterocycles. The first-order chi connectivity index (χ1) is 6.81. The lowest BCUT2D eigenvalue weighted by Gasteiger charge is -2.01. The number of aromatic hydroxyl groups is 1. The summed E-state index contributed by atoms with van der Waals surface area (Å²) in [6, 6.07) is 6.67. The van der Waals surface area contributed by atoms with Crippen molar-refractivity contribution in [1.82, 2.24) is 0 Å². The lowest BCUT2D eigenvalue weighted by atomic mass is 10.2. The highest BCUT2D eigenvalue weighted by atomic mass is 16.5. The summed E-state index contributed by atoms with van der Waals surface area (Å²) in [6.45, 7) is 2.51. The second kappa shape index (κ2) is 3.54. The predicted molar refractivity (Wildman–Crippen MR) is 53.5 cm³/mol. The third kappa shape index (κ3) is 1.48. The molecule has 1 heterocycles. The van der Waals surface area contributed by atoms with Crippen molar-refractivity contribution in [2.24, 2.45) is 0 Å². The van der Waals surface area contributed by atoms with Crippen LogP contribution in [0.4, 0.5) is 0 Å². The molecule has 1 N–H and O–H groups in total. The van der Waals surface area contributed by atoms with Crippen molar-refractivity contribution in [2.75, 3.05) is 6.61 Å². The van der Waals surface area contributed by atoms with Crippen LogP contribution in [0.1, 0.15) is 6.92 Å². The van der Waals surface area contributed by atoms with Gasteiger partial charge in [0.1, 0.15) is 16.9 Å². The van der Waals surface area contributed by atoms with E-state index in [-0.39, 0.29) is 5.75 Å². The molecule has 3 nitrogen and oxygen atoms in total. The summed E-state index contributed by atoms with van der Waals surface area (Å²) >= 11 is 0. The van der Waals surface area contributed by atoms with Crippen molar-refractivity contribution in [3.8, 4) is 11.5 Å². The van der Waals surface area contributed by atoms with E-state index in [0.717, 1.165) is 11.1 Å². The molecule has 0 unspecified atom stereocenters. The molecule has 14 heavy (non-hydrogen) atoms. The van der Waals surface area contributed by atoms with Gasteiger partial charge in [-0.25, -0.2) is 4.42 Å². The summed E-state index contributed by atoms with van der Waals surface area (Å²) in [5.74, 6) is 0.935. The zero-order valence-electron chi connectivity index (χ0n) is 7.86. The van der Waals surface area contributed by atoms with E-state index >= 15 is 0 Å². The van der Waals surface area contributed by atoms with Crippen LogP contribution in [0, 0.1) is 0 Å². The maximum atomic E-state index is 9.33. The van der Waals surface area contributed by atoms with E-state index in [1.807, 2.05) is 6.92 Å². The van der Waals surface area contributed by atoms with Gasteiger partial charge in [0.05, 0.1) is 12.7 Å². The van der Waals surface area contributed by atoms with Crippen LogP contribution in [0.2, 0.25) is 0 Å². The number of rotatable bonds is 2. The lowest BCUT2D eigenvalue weighted by Crippen LogP contribution is -1.91. The van der Waals surface area contributed by atoms with Crippen LogP contribution in [0.3, 0.4) is 0 Å². The summed E-state index contributed by atoms with van der Waals surface area (Å²) in [6.07, 6.45) is 1.57. The number of fused-ring (bicyclic) bond motifs is 1. The second-order valence-electron chi connectivity index (χ2n) is 2.90. The molecule has 0 fully saturated rings. The van der Waals surface area contributed by atoms with Crippen LogP contribution in [-0.2, 0) is 0 Å². The predicted octanol–water partition coefficient (Wildman–Crippen LogP) is 2.82. The van der Waals surface area contributed by atoms with Crippen molar-refractivity contribution in [2.45, 2.75) is 6.92 Å². The highest BCUT2D eigenvalue weighted by Gasteiger charge is 2.11. The fourth-order valence-electron chi connectivity index (χ4n) is 1.35. The first-order valence-corrected chi connectivity index (χ1v) is 4.47. The molecule has 0 radical (unpaired) electrons. The van der Waals surface area contributed by atoms with Crippen LogP contribution < -0.4 is 4.74 Å². The van der Waals surface area contributed by atoms with E-state index in [2.05, 4.69) is 0 Å². The molecule has 2 aromatic rings. The molecular formula is C11H11O3+. The summed E-state index contributed by atoms with van der Waals surface area (Å²) < 4.78 is 10.7. The van der Waals surface area contributed by atoms with Gasteiger partial charge < -0.3 is 9.84 Å². The molecule has 0 saturated heterocycles.